The van der Waals surface area contributed by atoms with Gasteiger partial charge in [-0.15, -0.1) is 0 Å². The quantitative estimate of drug-likeness (QED) is 0.888. The standard InChI is InChI=1S/C14H20F2N2O/c1-3-17-8-10-6-12(15)14(13(16)7-10)18(2)11-4-5-19-9-11/h6-7,11,17H,3-5,8-9H2,1-2H3. The molecule has 0 aliphatic carbocycles. The van der Waals surface area contributed by atoms with Gasteiger partial charge in [0.05, 0.1) is 12.6 Å². The highest BCUT2D eigenvalue weighted by Crippen LogP contribution is 2.27. The number of halogens is 2. The Morgan fingerprint density at radius 2 is 2.05 bits per heavy atom. The lowest BCUT2D eigenvalue weighted by Gasteiger charge is -2.26. The zero-order valence-electron chi connectivity index (χ0n) is 11.4. The van der Waals surface area contributed by atoms with E-state index in [1.807, 2.05) is 6.92 Å². The maximum absolute atomic E-state index is 14.1. The molecule has 0 radical (unpaired) electrons. The largest absolute Gasteiger partial charge is 0.379 e. The summed E-state index contributed by atoms with van der Waals surface area (Å²) in [5.74, 6) is -1.02. The summed E-state index contributed by atoms with van der Waals surface area (Å²) >= 11 is 0. The average Bonchev–Trinajstić information content (AvgIpc) is 2.89. The summed E-state index contributed by atoms with van der Waals surface area (Å²) in [5, 5.41) is 3.06. The fourth-order valence-corrected chi connectivity index (χ4v) is 2.34. The van der Waals surface area contributed by atoms with Crippen molar-refractivity contribution in [2.75, 3.05) is 31.7 Å². The molecule has 1 aromatic rings. The first-order chi connectivity index (χ1) is 9.13. The Morgan fingerprint density at radius 3 is 2.58 bits per heavy atom. The van der Waals surface area contributed by atoms with Crippen molar-refractivity contribution in [3.05, 3.63) is 29.3 Å². The van der Waals surface area contributed by atoms with Gasteiger partial charge in [0.1, 0.15) is 17.3 Å². The number of ether oxygens (including phenoxy) is 1. The summed E-state index contributed by atoms with van der Waals surface area (Å²) in [4.78, 5) is 1.65. The second-order valence-corrected chi connectivity index (χ2v) is 4.82. The zero-order chi connectivity index (χ0) is 13.8. The summed E-state index contributed by atoms with van der Waals surface area (Å²) in [6.07, 6.45) is 0.800. The Labute approximate surface area is 112 Å². The minimum atomic E-state index is -0.512. The Kier molecular flexibility index (Phi) is 4.71. The van der Waals surface area contributed by atoms with Crippen LogP contribution in [0.5, 0.6) is 0 Å². The van der Waals surface area contributed by atoms with E-state index < -0.39 is 11.6 Å². The molecule has 0 bridgehead atoms. The average molecular weight is 270 g/mol. The molecule has 0 amide bonds. The fourth-order valence-electron chi connectivity index (χ4n) is 2.34. The van der Waals surface area contributed by atoms with E-state index in [4.69, 9.17) is 4.74 Å². The van der Waals surface area contributed by atoms with E-state index in [-0.39, 0.29) is 11.7 Å². The second-order valence-electron chi connectivity index (χ2n) is 4.82. The minimum absolute atomic E-state index is 0.0377. The monoisotopic (exact) mass is 270 g/mol. The molecule has 1 N–H and O–H groups in total. The van der Waals surface area contributed by atoms with E-state index in [2.05, 4.69) is 5.32 Å². The molecule has 1 saturated heterocycles. The first-order valence-corrected chi connectivity index (χ1v) is 6.62. The van der Waals surface area contributed by atoms with E-state index in [1.165, 1.54) is 12.1 Å². The van der Waals surface area contributed by atoms with Gasteiger partial charge in [0.25, 0.3) is 0 Å². The molecule has 3 nitrogen and oxygen atoms in total. The predicted molar refractivity (Wildman–Crippen MR) is 71.4 cm³/mol. The summed E-state index contributed by atoms with van der Waals surface area (Å²) in [6.45, 7) is 4.37. The molecule has 1 unspecified atom stereocenters. The van der Waals surface area contributed by atoms with Crippen molar-refractivity contribution in [1.82, 2.24) is 5.32 Å². The minimum Gasteiger partial charge on any atom is -0.379 e. The first-order valence-electron chi connectivity index (χ1n) is 6.62. The summed E-state index contributed by atoms with van der Waals surface area (Å²) in [6, 6.07) is 2.84. The lowest BCUT2D eigenvalue weighted by molar-refractivity contribution is 0.193. The van der Waals surface area contributed by atoms with E-state index in [0.29, 0.717) is 25.3 Å². The number of hydrogen-bond donors (Lipinski definition) is 1. The van der Waals surface area contributed by atoms with Gasteiger partial charge in [0, 0.05) is 20.2 Å². The molecular formula is C14H20F2N2O. The van der Waals surface area contributed by atoms with Gasteiger partial charge in [-0.1, -0.05) is 6.92 Å². The van der Waals surface area contributed by atoms with Gasteiger partial charge >= 0.3 is 0 Å². The van der Waals surface area contributed by atoms with Crippen LogP contribution in [-0.4, -0.2) is 32.8 Å². The van der Waals surface area contributed by atoms with Crippen molar-refractivity contribution in [3.8, 4) is 0 Å². The third-order valence-electron chi connectivity index (χ3n) is 3.46. The summed E-state index contributed by atoms with van der Waals surface area (Å²) in [5.41, 5.74) is 0.660. The van der Waals surface area contributed by atoms with Crippen LogP contribution in [0.25, 0.3) is 0 Å². The molecule has 2 rings (SSSR count). The highest BCUT2D eigenvalue weighted by atomic mass is 19.1. The molecule has 1 aliphatic rings. The zero-order valence-corrected chi connectivity index (χ0v) is 11.4. The second kappa shape index (κ2) is 6.30. The smallest absolute Gasteiger partial charge is 0.149 e. The Balaban J connectivity index is 2.20. The van der Waals surface area contributed by atoms with Crippen molar-refractivity contribution in [3.63, 3.8) is 0 Å². The molecule has 1 fully saturated rings. The Morgan fingerprint density at radius 1 is 1.37 bits per heavy atom. The fraction of sp³-hybridized carbons (Fsp3) is 0.571. The molecule has 19 heavy (non-hydrogen) atoms. The van der Waals surface area contributed by atoms with Gasteiger partial charge in [-0.2, -0.15) is 0 Å². The summed E-state index contributed by atoms with van der Waals surface area (Å²) < 4.78 is 33.4. The lowest BCUT2D eigenvalue weighted by atomic mass is 10.1. The van der Waals surface area contributed by atoms with Gasteiger partial charge in [-0.25, -0.2) is 8.78 Å². The van der Waals surface area contributed by atoms with Crippen molar-refractivity contribution in [1.29, 1.82) is 0 Å². The number of anilines is 1. The van der Waals surface area contributed by atoms with E-state index in [9.17, 15) is 8.78 Å². The van der Waals surface area contributed by atoms with Crippen LogP contribution in [0.4, 0.5) is 14.5 Å². The van der Waals surface area contributed by atoms with Crippen LogP contribution in [0.15, 0.2) is 12.1 Å². The van der Waals surface area contributed by atoms with E-state index >= 15 is 0 Å². The topological polar surface area (TPSA) is 24.5 Å². The van der Waals surface area contributed by atoms with Crippen LogP contribution in [0.2, 0.25) is 0 Å². The van der Waals surface area contributed by atoms with Crippen molar-refractivity contribution >= 4 is 5.69 Å². The number of benzene rings is 1. The maximum atomic E-state index is 14.1. The van der Waals surface area contributed by atoms with Crippen molar-refractivity contribution in [2.24, 2.45) is 0 Å². The highest BCUT2D eigenvalue weighted by Gasteiger charge is 2.25. The Bertz CT molecular complexity index is 410. The van der Waals surface area contributed by atoms with Gasteiger partial charge in [-0.3, -0.25) is 0 Å². The SMILES string of the molecule is CCNCc1cc(F)c(N(C)C2CCOC2)c(F)c1. The van der Waals surface area contributed by atoms with Crippen LogP contribution >= 0.6 is 0 Å². The Hall–Kier alpha value is -1.20. The first kappa shape index (κ1) is 14.2. The van der Waals surface area contributed by atoms with Crippen LogP contribution in [-0.2, 0) is 11.3 Å². The van der Waals surface area contributed by atoms with Crippen molar-refractivity contribution < 1.29 is 13.5 Å². The number of rotatable bonds is 5. The number of nitrogens with one attached hydrogen (secondary N) is 1. The molecule has 1 heterocycles. The van der Waals surface area contributed by atoms with Gasteiger partial charge in [-0.05, 0) is 30.7 Å². The van der Waals surface area contributed by atoms with E-state index in [0.717, 1.165) is 13.0 Å². The third-order valence-corrected chi connectivity index (χ3v) is 3.46. The van der Waals surface area contributed by atoms with Crippen molar-refractivity contribution in [2.45, 2.75) is 25.9 Å². The number of likely N-dealkylation sites (N-methyl/N-ethyl adjacent to an activating group) is 1. The van der Waals surface area contributed by atoms with Gasteiger partial charge in [0.2, 0.25) is 0 Å². The number of hydrogen-bond acceptors (Lipinski definition) is 3. The molecular weight excluding hydrogens is 250 g/mol. The normalized spacial score (nSPS) is 18.8. The van der Waals surface area contributed by atoms with E-state index in [1.54, 1.807) is 11.9 Å². The van der Waals surface area contributed by atoms with Gasteiger partial charge in [0.15, 0.2) is 0 Å². The molecule has 1 atom stereocenters. The van der Waals surface area contributed by atoms with Crippen LogP contribution in [0.1, 0.15) is 18.9 Å². The van der Waals surface area contributed by atoms with Crippen LogP contribution in [0, 0.1) is 11.6 Å². The van der Waals surface area contributed by atoms with Crippen LogP contribution < -0.4 is 10.2 Å². The molecule has 0 saturated carbocycles. The maximum Gasteiger partial charge on any atom is 0.149 e. The molecule has 1 aromatic carbocycles. The summed E-state index contributed by atoms with van der Waals surface area (Å²) in [7, 11) is 1.71. The predicted octanol–water partition coefficient (Wildman–Crippen LogP) is 2.30. The molecule has 5 heteroatoms. The molecule has 106 valence electrons. The highest BCUT2D eigenvalue weighted by molar-refractivity contribution is 5.51. The lowest BCUT2D eigenvalue weighted by Crippen LogP contribution is -2.33. The van der Waals surface area contributed by atoms with Gasteiger partial charge < -0.3 is 15.0 Å². The molecule has 0 spiro atoms. The molecule has 1 aliphatic heterocycles. The number of nitrogens with zero attached hydrogens (tertiary/aromatic N) is 1. The third kappa shape index (κ3) is 3.22. The molecule has 0 aromatic heterocycles. The van der Waals surface area contributed by atoms with Crippen LogP contribution in [0.3, 0.4) is 0 Å².